The lowest BCUT2D eigenvalue weighted by Gasteiger charge is -2.14. The molecule has 0 saturated heterocycles. The predicted octanol–water partition coefficient (Wildman–Crippen LogP) is 2.84. The van der Waals surface area contributed by atoms with Crippen molar-refractivity contribution in [3.05, 3.63) is 41.7 Å². The van der Waals surface area contributed by atoms with Crippen LogP contribution in [-0.4, -0.2) is 31.6 Å². The van der Waals surface area contributed by atoms with Gasteiger partial charge in [0.15, 0.2) is 0 Å². The van der Waals surface area contributed by atoms with E-state index in [9.17, 15) is 5.11 Å². The van der Waals surface area contributed by atoms with Crippen LogP contribution >= 0.6 is 11.8 Å². The van der Waals surface area contributed by atoms with Crippen molar-refractivity contribution in [1.29, 1.82) is 0 Å². The molecule has 4 nitrogen and oxygen atoms in total. The molecule has 0 aliphatic heterocycles. The Morgan fingerprint density at radius 2 is 2.00 bits per heavy atom. The summed E-state index contributed by atoms with van der Waals surface area (Å²) in [5, 5.41) is 17.2. The van der Waals surface area contributed by atoms with Crippen LogP contribution < -0.4 is 0 Å². The number of nitrogens with zero attached hydrogens (tertiary/aromatic N) is 2. The molecule has 0 radical (unpaired) electrons. The van der Waals surface area contributed by atoms with Crippen LogP contribution in [0.4, 0.5) is 0 Å². The third-order valence-corrected chi connectivity index (χ3v) is 3.56. The molecule has 0 aliphatic rings. The molecule has 1 aromatic heterocycles. The highest BCUT2D eigenvalue weighted by Gasteiger charge is 2.14. The number of thioether (sulfide) groups is 1. The van der Waals surface area contributed by atoms with Gasteiger partial charge in [-0.25, -0.2) is 4.98 Å². The average molecular weight is 275 g/mol. The molecule has 0 spiro atoms. The van der Waals surface area contributed by atoms with Gasteiger partial charge >= 0.3 is 0 Å². The Balaban J connectivity index is 1.96. The first-order chi connectivity index (χ1) is 9.03. The first kappa shape index (κ1) is 13.8. The second-order valence-electron chi connectivity index (χ2n) is 4.85. The van der Waals surface area contributed by atoms with E-state index in [1.54, 1.807) is 13.8 Å². The maximum absolute atomic E-state index is 9.64. The molecule has 0 atom stereocenters. The van der Waals surface area contributed by atoms with E-state index < -0.39 is 5.60 Å². The molecule has 0 unspecified atom stereocenters. The summed E-state index contributed by atoms with van der Waals surface area (Å²) in [6.45, 7) is 3.53. The van der Waals surface area contributed by atoms with Gasteiger partial charge in [0.05, 0.1) is 5.60 Å². The normalized spacial score (nSPS) is 12.2. The Morgan fingerprint density at radius 1 is 1.26 bits per heavy atom. The van der Waals surface area contributed by atoms with Crippen LogP contribution in [0.3, 0.4) is 0 Å². The highest BCUT2D eigenvalue weighted by Crippen LogP contribution is 2.18. The molecular weight excluding hydrogens is 258 g/mol. The monoisotopic (exact) mass is 275 g/mol. The number of aromatic amines is 1. The zero-order valence-electron chi connectivity index (χ0n) is 11.0. The third-order valence-electron chi connectivity index (χ3n) is 2.27. The Kier molecular flexibility index (Phi) is 4.39. The summed E-state index contributed by atoms with van der Waals surface area (Å²) in [6, 6.07) is 10.0. The van der Waals surface area contributed by atoms with E-state index in [1.807, 2.05) is 42.5 Å². The van der Waals surface area contributed by atoms with E-state index in [0.29, 0.717) is 16.7 Å². The van der Waals surface area contributed by atoms with Crippen molar-refractivity contribution in [3.63, 3.8) is 0 Å². The number of aliphatic hydroxyl groups is 1. The highest BCUT2D eigenvalue weighted by molar-refractivity contribution is 7.99. The molecule has 1 aromatic carbocycles. The Morgan fingerprint density at radius 3 is 2.68 bits per heavy atom. The molecule has 0 aliphatic carbocycles. The van der Waals surface area contributed by atoms with E-state index >= 15 is 0 Å². The topological polar surface area (TPSA) is 61.8 Å². The molecule has 0 fully saturated rings. The Bertz CT molecular complexity index is 543. The second kappa shape index (κ2) is 6.04. The van der Waals surface area contributed by atoms with Crippen molar-refractivity contribution in [2.24, 2.45) is 0 Å². The number of nitrogens with one attached hydrogen (secondary N) is 1. The van der Waals surface area contributed by atoms with Crippen molar-refractivity contribution in [2.45, 2.75) is 24.6 Å². The number of hydrogen-bond acceptors (Lipinski definition) is 4. The van der Waals surface area contributed by atoms with Crippen molar-refractivity contribution >= 4 is 23.9 Å². The quantitative estimate of drug-likeness (QED) is 0.824. The number of hydrogen-bond donors (Lipinski definition) is 2. The molecule has 100 valence electrons. The third kappa shape index (κ3) is 4.89. The van der Waals surface area contributed by atoms with Gasteiger partial charge in [-0.15, -0.1) is 5.10 Å². The molecule has 5 heteroatoms. The van der Waals surface area contributed by atoms with Gasteiger partial charge in [0.2, 0.25) is 5.16 Å². The fourth-order valence-electron chi connectivity index (χ4n) is 1.38. The summed E-state index contributed by atoms with van der Waals surface area (Å²) >= 11 is 1.43. The van der Waals surface area contributed by atoms with E-state index in [4.69, 9.17) is 0 Å². The maximum Gasteiger partial charge on any atom is 0.208 e. The number of rotatable bonds is 5. The number of H-pyrrole nitrogens is 1. The predicted molar refractivity (Wildman–Crippen MR) is 78.8 cm³/mol. The fraction of sp³-hybridized carbons (Fsp3) is 0.286. The van der Waals surface area contributed by atoms with Crippen LogP contribution in [0.5, 0.6) is 0 Å². The van der Waals surface area contributed by atoms with Crippen LogP contribution in [0.2, 0.25) is 0 Å². The smallest absolute Gasteiger partial charge is 0.208 e. The van der Waals surface area contributed by atoms with Gasteiger partial charge in [0.1, 0.15) is 5.82 Å². The summed E-state index contributed by atoms with van der Waals surface area (Å²) in [7, 11) is 0. The molecule has 0 amide bonds. The van der Waals surface area contributed by atoms with Crippen LogP contribution in [0.25, 0.3) is 12.2 Å². The molecule has 2 aromatic rings. The van der Waals surface area contributed by atoms with Crippen LogP contribution in [-0.2, 0) is 0 Å². The largest absolute Gasteiger partial charge is 0.390 e. The molecule has 2 rings (SSSR count). The van der Waals surface area contributed by atoms with Crippen molar-refractivity contribution < 1.29 is 5.11 Å². The van der Waals surface area contributed by atoms with Gasteiger partial charge < -0.3 is 5.11 Å². The first-order valence-corrected chi connectivity index (χ1v) is 7.02. The average Bonchev–Trinajstić information content (AvgIpc) is 2.82. The van der Waals surface area contributed by atoms with Gasteiger partial charge in [0, 0.05) is 5.75 Å². The lowest BCUT2D eigenvalue weighted by molar-refractivity contribution is 0.107. The van der Waals surface area contributed by atoms with Gasteiger partial charge in [-0.2, -0.15) is 0 Å². The van der Waals surface area contributed by atoms with E-state index in [0.717, 1.165) is 5.56 Å². The van der Waals surface area contributed by atoms with E-state index in [-0.39, 0.29) is 0 Å². The van der Waals surface area contributed by atoms with Crippen LogP contribution in [0.1, 0.15) is 25.2 Å². The minimum absolute atomic E-state index is 0.562. The maximum atomic E-state index is 9.64. The lowest BCUT2D eigenvalue weighted by Crippen LogP contribution is -2.21. The van der Waals surface area contributed by atoms with Crippen molar-refractivity contribution in [3.8, 4) is 0 Å². The summed E-state index contributed by atoms with van der Waals surface area (Å²) in [5.41, 5.74) is 0.398. The minimum atomic E-state index is -0.717. The van der Waals surface area contributed by atoms with Crippen LogP contribution in [0, 0.1) is 0 Å². The zero-order chi connectivity index (χ0) is 13.7. The Hall–Kier alpha value is -1.59. The van der Waals surface area contributed by atoms with E-state index in [2.05, 4.69) is 15.2 Å². The molecule has 0 saturated carbocycles. The molecule has 2 N–H and O–H groups in total. The Labute approximate surface area is 117 Å². The summed E-state index contributed by atoms with van der Waals surface area (Å²) < 4.78 is 0. The molecule has 0 bridgehead atoms. The SMILES string of the molecule is CC(C)(O)CSc1n[nH]c(C=Cc2ccccc2)n1. The van der Waals surface area contributed by atoms with Crippen molar-refractivity contribution in [2.75, 3.05) is 5.75 Å². The number of aromatic nitrogens is 3. The summed E-state index contributed by atoms with van der Waals surface area (Å²) in [6.07, 6.45) is 3.86. The zero-order valence-corrected chi connectivity index (χ0v) is 11.8. The van der Waals surface area contributed by atoms with Crippen molar-refractivity contribution in [1.82, 2.24) is 15.2 Å². The summed E-state index contributed by atoms with van der Waals surface area (Å²) in [4.78, 5) is 4.33. The second-order valence-corrected chi connectivity index (χ2v) is 5.79. The molecule has 19 heavy (non-hydrogen) atoms. The molecular formula is C14H17N3OS. The standard InChI is InChI=1S/C14H17N3OS/c1-14(2,18)10-19-13-15-12(16-17-13)9-8-11-6-4-3-5-7-11/h3-9,18H,10H2,1-2H3,(H,15,16,17). The lowest BCUT2D eigenvalue weighted by atomic mass is 10.2. The van der Waals surface area contributed by atoms with Gasteiger partial charge in [-0.05, 0) is 25.5 Å². The fourth-order valence-corrected chi connectivity index (χ4v) is 2.13. The van der Waals surface area contributed by atoms with Gasteiger partial charge in [0.25, 0.3) is 0 Å². The van der Waals surface area contributed by atoms with Crippen LogP contribution in [0.15, 0.2) is 35.5 Å². The van der Waals surface area contributed by atoms with Gasteiger partial charge in [-0.3, -0.25) is 5.10 Å². The summed E-state index contributed by atoms with van der Waals surface area (Å²) in [5.74, 6) is 1.27. The van der Waals surface area contributed by atoms with Gasteiger partial charge in [-0.1, -0.05) is 48.2 Å². The highest BCUT2D eigenvalue weighted by atomic mass is 32.2. The first-order valence-electron chi connectivity index (χ1n) is 6.04. The minimum Gasteiger partial charge on any atom is -0.390 e. The molecule has 1 heterocycles. The van der Waals surface area contributed by atoms with E-state index in [1.165, 1.54) is 11.8 Å². The number of benzene rings is 1.